The van der Waals surface area contributed by atoms with Crippen LogP contribution in [0.4, 0.5) is 0 Å². The molecule has 0 unspecified atom stereocenters. The second-order valence-electron chi connectivity index (χ2n) is 5.46. The summed E-state index contributed by atoms with van der Waals surface area (Å²) in [6, 6.07) is 9.29. The molecule has 3 aromatic heterocycles. The molecule has 0 aliphatic rings. The Bertz CT molecular complexity index is 1050. The minimum absolute atomic E-state index is 0.0777. The molecule has 0 amide bonds. The minimum atomic E-state index is 0.0777. The second-order valence-corrected chi connectivity index (χ2v) is 7.61. The molecular formula is C17H14N4OS2. The van der Waals surface area contributed by atoms with Crippen LogP contribution in [0.15, 0.2) is 41.8 Å². The van der Waals surface area contributed by atoms with Crippen molar-refractivity contribution in [2.24, 2.45) is 0 Å². The molecule has 24 heavy (non-hydrogen) atoms. The van der Waals surface area contributed by atoms with Crippen molar-refractivity contribution in [1.29, 1.82) is 0 Å². The van der Waals surface area contributed by atoms with E-state index in [1.54, 1.807) is 17.7 Å². The molecule has 0 radical (unpaired) electrons. The summed E-state index contributed by atoms with van der Waals surface area (Å²) in [5.41, 5.74) is 2.71. The molecule has 0 fully saturated rings. The zero-order valence-corrected chi connectivity index (χ0v) is 14.8. The Balaban J connectivity index is 1.66. The Hall–Kier alpha value is -2.25. The average molecular weight is 354 g/mol. The number of carbonyl (C=O) groups is 1. The number of thioether (sulfide) groups is 1. The fourth-order valence-electron chi connectivity index (χ4n) is 2.56. The number of rotatable bonds is 4. The lowest BCUT2D eigenvalue weighted by Crippen LogP contribution is -2.02. The summed E-state index contributed by atoms with van der Waals surface area (Å²) < 4.78 is 1.87. The highest BCUT2D eigenvalue weighted by atomic mass is 32.2. The topological polar surface area (TPSA) is 60.2 Å². The number of aryl methyl sites for hydroxylation is 2. The average Bonchev–Trinajstić information content (AvgIpc) is 3.14. The Labute approximate surface area is 146 Å². The van der Waals surface area contributed by atoms with Gasteiger partial charge in [0.1, 0.15) is 11.2 Å². The van der Waals surface area contributed by atoms with E-state index in [2.05, 4.69) is 29.0 Å². The van der Waals surface area contributed by atoms with E-state index in [0.717, 1.165) is 15.9 Å². The largest absolute Gasteiger partial charge is 0.293 e. The lowest BCUT2D eigenvalue weighted by atomic mass is 10.2. The zero-order valence-electron chi connectivity index (χ0n) is 13.2. The van der Waals surface area contributed by atoms with Crippen molar-refractivity contribution in [3.8, 4) is 0 Å². The molecule has 1 aromatic carbocycles. The van der Waals surface area contributed by atoms with Gasteiger partial charge in [-0.15, -0.1) is 21.5 Å². The number of benzene rings is 1. The van der Waals surface area contributed by atoms with E-state index in [1.165, 1.54) is 22.2 Å². The van der Waals surface area contributed by atoms with E-state index in [9.17, 15) is 4.79 Å². The maximum Gasteiger partial charge on any atom is 0.197 e. The molecule has 7 heteroatoms. The summed E-state index contributed by atoms with van der Waals surface area (Å²) in [6.07, 6.45) is 1.74. The first-order valence-corrected chi connectivity index (χ1v) is 9.26. The van der Waals surface area contributed by atoms with Gasteiger partial charge in [-0.1, -0.05) is 42.1 Å². The van der Waals surface area contributed by atoms with Crippen LogP contribution < -0.4 is 0 Å². The van der Waals surface area contributed by atoms with Gasteiger partial charge in [-0.2, -0.15) is 0 Å². The predicted octanol–water partition coefficient (Wildman–Crippen LogP) is 3.93. The maximum absolute atomic E-state index is 12.3. The SMILES string of the molecule is Cc1sc2ncn3c(SCC(=O)c4ccccc4)nnc3c2c1C. The van der Waals surface area contributed by atoms with Gasteiger partial charge in [0, 0.05) is 10.4 Å². The smallest absolute Gasteiger partial charge is 0.197 e. The molecule has 0 saturated heterocycles. The third-order valence-electron chi connectivity index (χ3n) is 3.97. The van der Waals surface area contributed by atoms with Gasteiger partial charge in [-0.3, -0.25) is 9.20 Å². The highest BCUT2D eigenvalue weighted by Gasteiger charge is 2.16. The normalized spacial score (nSPS) is 11.4. The molecule has 0 bridgehead atoms. The molecule has 4 rings (SSSR count). The van der Waals surface area contributed by atoms with E-state index in [-0.39, 0.29) is 5.78 Å². The molecule has 0 spiro atoms. The van der Waals surface area contributed by atoms with Gasteiger partial charge in [-0.25, -0.2) is 4.98 Å². The van der Waals surface area contributed by atoms with Gasteiger partial charge >= 0.3 is 0 Å². The van der Waals surface area contributed by atoms with Crippen molar-refractivity contribution >= 4 is 44.7 Å². The lowest BCUT2D eigenvalue weighted by molar-refractivity contribution is 0.102. The second kappa shape index (κ2) is 5.99. The Morgan fingerprint density at radius 3 is 2.79 bits per heavy atom. The van der Waals surface area contributed by atoms with E-state index in [1.807, 2.05) is 34.7 Å². The van der Waals surface area contributed by atoms with Crippen LogP contribution >= 0.6 is 23.1 Å². The van der Waals surface area contributed by atoms with E-state index in [4.69, 9.17) is 0 Å². The van der Waals surface area contributed by atoms with Crippen molar-refractivity contribution in [2.45, 2.75) is 19.0 Å². The third kappa shape index (κ3) is 2.50. The molecule has 0 aliphatic carbocycles. The molecule has 0 atom stereocenters. The summed E-state index contributed by atoms with van der Waals surface area (Å²) in [5.74, 6) is 0.402. The summed E-state index contributed by atoms with van der Waals surface area (Å²) in [5, 5.41) is 10.3. The predicted molar refractivity (Wildman–Crippen MR) is 97.1 cm³/mol. The number of fused-ring (bicyclic) bond motifs is 3. The third-order valence-corrected chi connectivity index (χ3v) is 6.03. The van der Waals surface area contributed by atoms with Crippen LogP contribution in [-0.2, 0) is 0 Å². The molecule has 0 saturated carbocycles. The Morgan fingerprint density at radius 2 is 2.00 bits per heavy atom. The van der Waals surface area contributed by atoms with Crippen molar-refractivity contribution in [3.05, 3.63) is 52.7 Å². The van der Waals surface area contributed by atoms with Gasteiger partial charge in [0.2, 0.25) is 0 Å². The molecule has 0 aliphatic heterocycles. The molecular weight excluding hydrogens is 340 g/mol. The van der Waals surface area contributed by atoms with Gasteiger partial charge in [0.15, 0.2) is 16.6 Å². The minimum Gasteiger partial charge on any atom is -0.293 e. The summed E-state index contributed by atoms with van der Waals surface area (Å²) >= 11 is 3.05. The molecule has 3 heterocycles. The Morgan fingerprint density at radius 1 is 1.21 bits per heavy atom. The van der Waals surface area contributed by atoms with Crippen LogP contribution in [0, 0.1) is 13.8 Å². The monoisotopic (exact) mass is 354 g/mol. The van der Waals surface area contributed by atoms with Crippen molar-refractivity contribution in [3.63, 3.8) is 0 Å². The summed E-state index contributed by atoms with van der Waals surface area (Å²) in [4.78, 5) is 19.0. The molecule has 0 N–H and O–H groups in total. The van der Waals surface area contributed by atoms with Crippen LogP contribution in [0.3, 0.4) is 0 Å². The van der Waals surface area contributed by atoms with Gasteiger partial charge in [0.05, 0.1) is 11.1 Å². The number of hydrogen-bond acceptors (Lipinski definition) is 6. The number of hydrogen-bond donors (Lipinski definition) is 0. The van der Waals surface area contributed by atoms with Gasteiger partial charge in [-0.05, 0) is 19.4 Å². The highest BCUT2D eigenvalue weighted by molar-refractivity contribution is 7.99. The van der Waals surface area contributed by atoms with Crippen LogP contribution in [0.25, 0.3) is 15.9 Å². The summed E-state index contributed by atoms with van der Waals surface area (Å²) in [7, 11) is 0. The summed E-state index contributed by atoms with van der Waals surface area (Å²) in [6.45, 7) is 4.17. The van der Waals surface area contributed by atoms with E-state index >= 15 is 0 Å². The van der Waals surface area contributed by atoms with Crippen molar-refractivity contribution < 1.29 is 4.79 Å². The number of Topliss-reactive ketones (excluding diaryl/α,β-unsaturated/α-hetero) is 1. The van der Waals surface area contributed by atoms with Gasteiger partial charge in [0.25, 0.3) is 0 Å². The van der Waals surface area contributed by atoms with Gasteiger partial charge < -0.3 is 0 Å². The zero-order chi connectivity index (χ0) is 16.7. The van der Waals surface area contributed by atoms with Crippen LogP contribution in [0.1, 0.15) is 20.8 Å². The quantitative estimate of drug-likeness (QED) is 0.410. The highest BCUT2D eigenvalue weighted by Crippen LogP contribution is 2.32. The first-order chi connectivity index (χ1) is 11.6. The van der Waals surface area contributed by atoms with Crippen molar-refractivity contribution in [2.75, 3.05) is 5.75 Å². The van der Waals surface area contributed by atoms with Crippen LogP contribution in [0.5, 0.6) is 0 Å². The molecule has 4 aromatic rings. The molecule has 120 valence electrons. The molecule has 5 nitrogen and oxygen atoms in total. The van der Waals surface area contributed by atoms with E-state index < -0.39 is 0 Å². The fourth-order valence-corrected chi connectivity index (χ4v) is 4.35. The standard InChI is InChI=1S/C17H14N4OS2/c1-10-11(2)24-16-14(10)15-19-20-17(21(15)9-18-16)23-8-13(22)12-6-4-3-5-7-12/h3-7,9H,8H2,1-2H3. The number of ketones is 1. The maximum atomic E-state index is 12.3. The van der Waals surface area contributed by atoms with Crippen LogP contribution in [-0.4, -0.2) is 31.1 Å². The first-order valence-electron chi connectivity index (χ1n) is 7.45. The number of thiophene rings is 1. The first kappa shape index (κ1) is 15.3. The fraction of sp³-hybridized carbons (Fsp3) is 0.176. The van der Waals surface area contributed by atoms with Crippen LogP contribution in [0.2, 0.25) is 0 Å². The Kier molecular flexibility index (Phi) is 3.82. The van der Waals surface area contributed by atoms with Crippen molar-refractivity contribution in [1.82, 2.24) is 19.6 Å². The lowest BCUT2D eigenvalue weighted by Gasteiger charge is -2.01. The number of carbonyl (C=O) groups excluding carboxylic acids is 1. The number of aromatic nitrogens is 4. The van der Waals surface area contributed by atoms with E-state index in [0.29, 0.717) is 16.5 Å². The number of nitrogens with zero attached hydrogens (tertiary/aromatic N) is 4.